The van der Waals surface area contributed by atoms with Gasteiger partial charge in [0.15, 0.2) is 0 Å². The third-order valence-corrected chi connectivity index (χ3v) is 2.97. The van der Waals surface area contributed by atoms with E-state index < -0.39 is 0 Å². The van der Waals surface area contributed by atoms with Gasteiger partial charge in [-0.25, -0.2) is 0 Å². The molecule has 2 rings (SSSR count). The molecule has 3 heteroatoms. The van der Waals surface area contributed by atoms with Crippen molar-refractivity contribution in [3.05, 3.63) is 35.4 Å². The van der Waals surface area contributed by atoms with Gasteiger partial charge in [-0.3, -0.25) is 10.1 Å². The molecule has 0 saturated carbocycles. The lowest BCUT2D eigenvalue weighted by molar-refractivity contribution is -0.119. The molecule has 1 aromatic carbocycles. The van der Waals surface area contributed by atoms with Crippen molar-refractivity contribution < 1.29 is 4.79 Å². The topological polar surface area (TPSA) is 55.1 Å². The van der Waals surface area contributed by atoms with Crippen LogP contribution in [0.2, 0.25) is 0 Å². The molecule has 2 atom stereocenters. The summed E-state index contributed by atoms with van der Waals surface area (Å²) in [7, 11) is 0. The van der Waals surface area contributed by atoms with E-state index in [-0.39, 0.29) is 18.0 Å². The molecule has 2 unspecified atom stereocenters. The first-order valence-corrected chi connectivity index (χ1v) is 5.29. The minimum Gasteiger partial charge on any atom is -0.368 e. The quantitative estimate of drug-likeness (QED) is 0.762. The van der Waals surface area contributed by atoms with Crippen molar-refractivity contribution in [2.75, 3.05) is 0 Å². The summed E-state index contributed by atoms with van der Waals surface area (Å²) in [6, 6.07) is 8.52. The van der Waals surface area contributed by atoms with Gasteiger partial charge in [0.25, 0.3) is 0 Å². The average Bonchev–Trinajstić information content (AvgIpc) is 2.68. The first kappa shape index (κ1) is 10.2. The first-order chi connectivity index (χ1) is 7.16. The van der Waals surface area contributed by atoms with Gasteiger partial charge in [0.2, 0.25) is 5.91 Å². The number of hydrogen-bond donors (Lipinski definition) is 2. The number of benzene rings is 1. The van der Waals surface area contributed by atoms with E-state index in [1.807, 2.05) is 0 Å². The van der Waals surface area contributed by atoms with Crippen molar-refractivity contribution >= 4 is 5.91 Å². The molecule has 1 amide bonds. The molecule has 15 heavy (non-hydrogen) atoms. The molecule has 1 aliphatic rings. The van der Waals surface area contributed by atoms with Crippen LogP contribution in [0, 0.1) is 6.92 Å². The van der Waals surface area contributed by atoms with Crippen molar-refractivity contribution in [2.24, 2.45) is 5.73 Å². The molecule has 0 bridgehead atoms. The fourth-order valence-electron chi connectivity index (χ4n) is 2.03. The Morgan fingerprint density at radius 1 is 1.33 bits per heavy atom. The molecule has 1 aromatic rings. The van der Waals surface area contributed by atoms with Gasteiger partial charge in [-0.1, -0.05) is 29.8 Å². The van der Waals surface area contributed by atoms with Crippen molar-refractivity contribution in [3.63, 3.8) is 0 Å². The normalized spacial score (nSPS) is 25.4. The molecule has 3 nitrogen and oxygen atoms in total. The van der Waals surface area contributed by atoms with Crippen LogP contribution in [0.3, 0.4) is 0 Å². The summed E-state index contributed by atoms with van der Waals surface area (Å²) in [6.07, 6.45) is 1.82. The van der Waals surface area contributed by atoms with Crippen molar-refractivity contribution in [1.82, 2.24) is 5.32 Å². The van der Waals surface area contributed by atoms with E-state index in [0.717, 1.165) is 12.8 Å². The van der Waals surface area contributed by atoms with E-state index in [0.29, 0.717) is 0 Å². The molecule has 1 saturated heterocycles. The second-order valence-corrected chi connectivity index (χ2v) is 4.16. The van der Waals surface area contributed by atoms with Crippen LogP contribution in [0.4, 0.5) is 0 Å². The van der Waals surface area contributed by atoms with E-state index in [1.165, 1.54) is 11.1 Å². The monoisotopic (exact) mass is 204 g/mol. The number of aryl methyl sites for hydroxylation is 1. The van der Waals surface area contributed by atoms with Gasteiger partial charge in [-0.05, 0) is 25.3 Å². The molecule has 80 valence electrons. The molecule has 1 fully saturated rings. The summed E-state index contributed by atoms with van der Waals surface area (Å²) in [6.45, 7) is 2.07. The van der Waals surface area contributed by atoms with Crippen LogP contribution < -0.4 is 11.1 Å². The minimum atomic E-state index is -0.246. The van der Waals surface area contributed by atoms with Gasteiger partial charge in [0.05, 0.1) is 6.04 Å². The standard InChI is InChI=1S/C12H16N2O/c1-8-2-4-9(5-3-8)10-6-7-11(14-10)12(13)15/h2-5,10-11,14H,6-7H2,1H3,(H2,13,15). The lowest BCUT2D eigenvalue weighted by Gasteiger charge is -2.12. The fourth-order valence-corrected chi connectivity index (χ4v) is 2.03. The Morgan fingerprint density at radius 3 is 2.53 bits per heavy atom. The SMILES string of the molecule is Cc1ccc(C2CCC(C(N)=O)N2)cc1. The third-order valence-electron chi connectivity index (χ3n) is 2.97. The molecular formula is C12H16N2O. The van der Waals surface area contributed by atoms with Gasteiger partial charge in [0.1, 0.15) is 0 Å². The van der Waals surface area contributed by atoms with Crippen molar-refractivity contribution in [3.8, 4) is 0 Å². The molecule has 0 spiro atoms. The van der Waals surface area contributed by atoms with Crippen LogP contribution in [0.15, 0.2) is 24.3 Å². The summed E-state index contributed by atoms with van der Waals surface area (Å²) in [5.74, 6) is -0.246. The zero-order valence-electron chi connectivity index (χ0n) is 8.86. The van der Waals surface area contributed by atoms with Gasteiger partial charge in [-0.2, -0.15) is 0 Å². The van der Waals surface area contributed by atoms with Crippen molar-refractivity contribution in [1.29, 1.82) is 0 Å². The van der Waals surface area contributed by atoms with Crippen LogP contribution in [0.5, 0.6) is 0 Å². The van der Waals surface area contributed by atoms with Gasteiger partial charge < -0.3 is 5.73 Å². The molecule has 0 aliphatic carbocycles. The Kier molecular flexibility index (Phi) is 2.73. The highest BCUT2D eigenvalue weighted by Crippen LogP contribution is 2.26. The summed E-state index contributed by atoms with van der Waals surface area (Å²) >= 11 is 0. The molecular weight excluding hydrogens is 188 g/mol. The number of nitrogens with two attached hydrogens (primary N) is 1. The highest BCUT2D eigenvalue weighted by molar-refractivity contribution is 5.80. The maximum absolute atomic E-state index is 11.0. The number of primary amides is 1. The average molecular weight is 204 g/mol. The van der Waals surface area contributed by atoms with Gasteiger partial charge in [-0.15, -0.1) is 0 Å². The largest absolute Gasteiger partial charge is 0.368 e. The van der Waals surface area contributed by atoms with E-state index in [1.54, 1.807) is 0 Å². The molecule has 3 N–H and O–H groups in total. The fraction of sp³-hybridized carbons (Fsp3) is 0.417. The smallest absolute Gasteiger partial charge is 0.234 e. The molecule has 0 aromatic heterocycles. The highest BCUT2D eigenvalue weighted by atomic mass is 16.1. The lowest BCUT2D eigenvalue weighted by atomic mass is 10.0. The Labute approximate surface area is 89.7 Å². The van der Waals surface area contributed by atoms with Crippen LogP contribution in [-0.2, 0) is 4.79 Å². The van der Waals surface area contributed by atoms with Crippen LogP contribution >= 0.6 is 0 Å². The Balaban J connectivity index is 2.07. The second-order valence-electron chi connectivity index (χ2n) is 4.16. The Bertz CT molecular complexity index is 358. The van der Waals surface area contributed by atoms with E-state index in [2.05, 4.69) is 36.5 Å². The van der Waals surface area contributed by atoms with Crippen LogP contribution in [0.25, 0.3) is 0 Å². The van der Waals surface area contributed by atoms with Crippen molar-refractivity contribution in [2.45, 2.75) is 31.8 Å². The lowest BCUT2D eigenvalue weighted by Crippen LogP contribution is -2.37. The van der Waals surface area contributed by atoms with Gasteiger partial charge in [0, 0.05) is 6.04 Å². The van der Waals surface area contributed by atoms with E-state index in [9.17, 15) is 4.79 Å². The van der Waals surface area contributed by atoms with E-state index >= 15 is 0 Å². The number of rotatable bonds is 2. The maximum atomic E-state index is 11.0. The number of nitrogens with one attached hydrogen (secondary N) is 1. The molecule has 1 heterocycles. The summed E-state index contributed by atoms with van der Waals surface area (Å²) in [5.41, 5.74) is 7.75. The number of carbonyl (C=O) groups excluding carboxylic acids is 1. The predicted molar refractivity (Wildman–Crippen MR) is 59.3 cm³/mol. The highest BCUT2D eigenvalue weighted by Gasteiger charge is 2.27. The first-order valence-electron chi connectivity index (χ1n) is 5.29. The van der Waals surface area contributed by atoms with Crippen LogP contribution in [-0.4, -0.2) is 11.9 Å². The summed E-state index contributed by atoms with van der Waals surface area (Å²) in [4.78, 5) is 11.0. The van der Waals surface area contributed by atoms with Crippen LogP contribution in [0.1, 0.15) is 30.0 Å². The predicted octanol–water partition coefficient (Wildman–Crippen LogP) is 1.27. The Hall–Kier alpha value is -1.35. The zero-order chi connectivity index (χ0) is 10.8. The Morgan fingerprint density at radius 2 is 2.00 bits per heavy atom. The zero-order valence-corrected chi connectivity index (χ0v) is 8.86. The number of hydrogen-bond acceptors (Lipinski definition) is 2. The number of amides is 1. The summed E-state index contributed by atoms with van der Waals surface area (Å²) in [5, 5.41) is 3.25. The molecule has 0 radical (unpaired) electrons. The number of carbonyl (C=O) groups is 1. The third kappa shape index (κ3) is 2.18. The maximum Gasteiger partial charge on any atom is 0.234 e. The van der Waals surface area contributed by atoms with Gasteiger partial charge >= 0.3 is 0 Å². The second kappa shape index (κ2) is 4.03. The summed E-state index contributed by atoms with van der Waals surface area (Å²) < 4.78 is 0. The van der Waals surface area contributed by atoms with E-state index in [4.69, 9.17) is 5.73 Å². The minimum absolute atomic E-state index is 0.156. The molecule has 1 aliphatic heterocycles.